The van der Waals surface area contributed by atoms with Gasteiger partial charge in [0.25, 0.3) is 0 Å². The minimum absolute atomic E-state index is 0. The second-order valence-electron chi connectivity index (χ2n) is 1.03. The Morgan fingerprint density at radius 1 is 0.733 bits per heavy atom. The van der Waals surface area contributed by atoms with E-state index >= 15 is 0 Å². The van der Waals surface area contributed by atoms with Crippen molar-refractivity contribution in [3.8, 4) is 0 Å². The first-order valence-corrected chi connectivity index (χ1v) is 4.70. The van der Waals surface area contributed by atoms with Crippen molar-refractivity contribution >= 4 is 64.1 Å². The Labute approximate surface area is 144 Å². The summed E-state index contributed by atoms with van der Waals surface area (Å²) in [6, 6.07) is 0. The molecule has 0 aliphatic carbocycles. The molecular weight excluding hydrogens is 339 g/mol. The average Bonchev–Trinajstić information content (AvgIpc) is 1.12. The van der Waals surface area contributed by atoms with Crippen molar-refractivity contribution in [3.05, 3.63) is 0 Å². The van der Waals surface area contributed by atoms with Crippen LogP contribution < -0.4 is 0 Å². The van der Waals surface area contributed by atoms with Crippen LogP contribution in [0.3, 0.4) is 0 Å². The molecule has 0 rings (SSSR count). The standard InChI is InChI=1S/CH4.Fe.Li.Na.2H3O4P.V.2H/c;;;;2*1-5(2,3)4;;;/h1H4;;;;2*(H3,1,2,3,4);;;. The minimum atomic E-state index is -4.64. The summed E-state index contributed by atoms with van der Waals surface area (Å²) in [6.07, 6.45) is 0. The molecule has 0 aromatic rings. The third kappa shape index (κ3) is 441. The van der Waals surface area contributed by atoms with Crippen molar-refractivity contribution in [1.29, 1.82) is 0 Å². The Morgan fingerprint density at radius 2 is 0.733 bits per heavy atom. The molecule has 0 fully saturated rings. The maximum absolute atomic E-state index is 8.88. The van der Waals surface area contributed by atoms with Crippen LogP contribution in [0.15, 0.2) is 0 Å². The van der Waals surface area contributed by atoms with Crippen LogP contribution in [-0.2, 0) is 44.8 Å². The normalized spacial score (nSPS) is 7.87. The predicted molar refractivity (Wildman–Crippen MR) is 49.6 cm³/mol. The Kier molecular flexibility index (Phi) is 55.3. The third-order valence-electron chi connectivity index (χ3n) is 0. The number of hydrogen-bond donors (Lipinski definition) is 6. The monoisotopic (exact) mass is 351 g/mol. The summed E-state index contributed by atoms with van der Waals surface area (Å²) in [5.74, 6) is 0. The number of hydrogen-bond acceptors (Lipinski definition) is 2. The summed E-state index contributed by atoms with van der Waals surface area (Å²) in [5.41, 5.74) is 0. The van der Waals surface area contributed by atoms with Crippen molar-refractivity contribution in [3.63, 3.8) is 0 Å². The molecule has 89 valence electrons. The van der Waals surface area contributed by atoms with Gasteiger partial charge in [-0.05, 0) is 0 Å². The van der Waals surface area contributed by atoms with Crippen LogP contribution in [0.5, 0.6) is 0 Å². The zero-order chi connectivity index (χ0) is 9.00. The molecule has 0 aromatic carbocycles. The van der Waals surface area contributed by atoms with E-state index in [1.54, 1.807) is 0 Å². The van der Waals surface area contributed by atoms with Gasteiger partial charge in [-0.1, -0.05) is 7.43 Å². The van der Waals surface area contributed by atoms with E-state index in [1.165, 1.54) is 0 Å². The zero-order valence-electron chi connectivity index (χ0n) is 5.19. The second kappa shape index (κ2) is 19.3. The fourth-order valence-corrected chi connectivity index (χ4v) is 0. The van der Waals surface area contributed by atoms with Gasteiger partial charge in [-0.25, -0.2) is 9.13 Å². The van der Waals surface area contributed by atoms with Gasteiger partial charge in [-0.15, -0.1) is 0 Å². The molecule has 15 heavy (non-hydrogen) atoms. The van der Waals surface area contributed by atoms with Crippen LogP contribution in [0.1, 0.15) is 7.43 Å². The molecular formula is CH12FeLiNaO8P2V. The molecule has 0 amide bonds. The molecule has 0 saturated carbocycles. The summed E-state index contributed by atoms with van der Waals surface area (Å²) in [6.45, 7) is 0. The average molecular weight is 351 g/mol. The quantitative estimate of drug-likeness (QED) is 0.206. The first kappa shape index (κ1) is 43.0. The van der Waals surface area contributed by atoms with Crippen LogP contribution in [0.2, 0.25) is 0 Å². The molecule has 0 saturated heterocycles. The zero-order valence-corrected chi connectivity index (χ0v) is 9.48. The van der Waals surface area contributed by atoms with Crippen molar-refractivity contribution in [2.24, 2.45) is 0 Å². The van der Waals surface area contributed by atoms with E-state index in [2.05, 4.69) is 0 Å². The molecule has 0 aromatic heterocycles. The van der Waals surface area contributed by atoms with Gasteiger partial charge in [-0.2, -0.15) is 0 Å². The summed E-state index contributed by atoms with van der Waals surface area (Å²) < 4.78 is 17.8. The van der Waals surface area contributed by atoms with Crippen LogP contribution in [-0.4, -0.2) is 77.8 Å². The summed E-state index contributed by atoms with van der Waals surface area (Å²) in [5, 5.41) is 0. The molecule has 0 bridgehead atoms. The summed E-state index contributed by atoms with van der Waals surface area (Å²) in [4.78, 5) is 43.1. The Balaban J connectivity index is -0.0000000128. The van der Waals surface area contributed by atoms with E-state index in [-0.39, 0.29) is 91.5 Å². The fourth-order valence-electron chi connectivity index (χ4n) is 0. The molecule has 6 N–H and O–H groups in total. The van der Waals surface area contributed by atoms with Gasteiger partial charge < -0.3 is 29.4 Å². The maximum Gasteiger partial charge on any atom is 0 e. The second-order valence-corrected chi connectivity index (χ2v) is 3.08. The molecule has 0 atom stereocenters. The van der Waals surface area contributed by atoms with E-state index in [0.29, 0.717) is 0 Å². The van der Waals surface area contributed by atoms with Crippen molar-refractivity contribution in [2.45, 2.75) is 7.43 Å². The first-order chi connectivity index (χ1) is 4.00. The Bertz CT molecular complexity index is 145. The molecule has 14 heteroatoms. The molecule has 0 spiro atoms. The van der Waals surface area contributed by atoms with Gasteiger partial charge in [0.15, 0.2) is 0 Å². The SMILES string of the molecule is C.O=P(O)(O)O.O=P(O)(O)O.[Fe].[LiH].[NaH].[V]. The van der Waals surface area contributed by atoms with Gasteiger partial charge in [0.1, 0.15) is 0 Å². The largest absolute Gasteiger partial charge is 0 e. The molecule has 0 aliphatic rings. The van der Waals surface area contributed by atoms with Crippen molar-refractivity contribution in [1.82, 2.24) is 0 Å². The topological polar surface area (TPSA) is 156 Å². The summed E-state index contributed by atoms with van der Waals surface area (Å²) in [7, 11) is -9.28. The van der Waals surface area contributed by atoms with Crippen LogP contribution >= 0.6 is 15.6 Å². The Hall–Kier alpha value is 2.92. The van der Waals surface area contributed by atoms with Gasteiger partial charge in [0.05, 0.1) is 0 Å². The Morgan fingerprint density at radius 3 is 0.733 bits per heavy atom. The molecule has 0 heterocycles. The van der Waals surface area contributed by atoms with Crippen molar-refractivity contribution < 1.29 is 74.1 Å². The first-order valence-electron chi connectivity index (χ1n) is 1.57. The van der Waals surface area contributed by atoms with E-state index in [0.717, 1.165) is 0 Å². The van der Waals surface area contributed by atoms with Gasteiger partial charge in [0, 0.05) is 35.6 Å². The predicted octanol–water partition coefficient (Wildman–Crippen LogP) is -2.52. The van der Waals surface area contributed by atoms with Gasteiger partial charge in [0.2, 0.25) is 0 Å². The van der Waals surface area contributed by atoms with E-state index in [1.807, 2.05) is 0 Å². The van der Waals surface area contributed by atoms with Crippen LogP contribution in [0.25, 0.3) is 0 Å². The minimum Gasteiger partial charge on any atom is 0 e. The van der Waals surface area contributed by atoms with Gasteiger partial charge in [-0.3, -0.25) is 0 Å². The molecule has 8 nitrogen and oxygen atoms in total. The van der Waals surface area contributed by atoms with Crippen LogP contribution in [0.4, 0.5) is 0 Å². The van der Waals surface area contributed by atoms with E-state index in [4.69, 9.17) is 38.5 Å². The number of rotatable bonds is 0. The maximum atomic E-state index is 8.88. The molecule has 1 radical (unpaired) electrons. The molecule has 0 aliphatic heterocycles. The summed E-state index contributed by atoms with van der Waals surface area (Å²) >= 11 is 0. The third-order valence-corrected chi connectivity index (χ3v) is 0. The van der Waals surface area contributed by atoms with E-state index < -0.39 is 15.6 Å². The smallest absolute Gasteiger partial charge is 0 e. The molecule has 0 unspecified atom stereocenters. The van der Waals surface area contributed by atoms with Gasteiger partial charge >= 0.3 is 64.1 Å². The number of phosphoric acid groups is 2. The van der Waals surface area contributed by atoms with Crippen LogP contribution in [0, 0.1) is 0 Å². The van der Waals surface area contributed by atoms with E-state index in [9.17, 15) is 0 Å². The van der Waals surface area contributed by atoms with Crippen molar-refractivity contribution in [2.75, 3.05) is 0 Å². The fraction of sp³-hybridized carbons (Fsp3) is 1.00.